The van der Waals surface area contributed by atoms with Gasteiger partial charge in [0, 0.05) is 25.0 Å². The summed E-state index contributed by atoms with van der Waals surface area (Å²) >= 11 is 5.93. The molecule has 1 aliphatic carbocycles. The molecule has 19 heavy (non-hydrogen) atoms. The number of amides is 1. The molecule has 0 unspecified atom stereocenters. The first kappa shape index (κ1) is 14.0. The lowest BCUT2D eigenvalue weighted by Gasteiger charge is -2.34. The normalized spacial score (nSPS) is 21.6. The van der Waals surface area contributed by atoms with Crippen LogP contribution in [0.3, 0.4) is 0 Å². The Hall–Kier alpha value is -1.42. The molecule has 1 aliphatic rings. The fraction of sp³-hybridized carbons (Fsp3) is 0.500. The number of phenols is 1. The molecule has 0 bridgehead atoms. The van der Waals surface area contributed by atoms with Crippen molar-refractivity contribution in [2.75, 3.05) is 20.7 Å². The lowest BCUT2D eigenvalue weighted by molar-refractivity contribution is 0.0744. The van der Waals surface area contributed by atoms with Crippen LogP contribution in [0.2, 0.25) is 0 Å². The van der Waals surface area contributed by atoms with E-state index in [2.05, 4.69) is 0 Å². The summed E-state index contributed by atoms with van der Waals surface area (Å²) in [7, 11) is 3.26. The number of ether oxygens (including phenoxy) is 1. The molecule has 4 nitrogen and oxygen atoms in total. The van der Waals surface area contributed by atoms with Crippen LogP contribution in [0.5, 0.6) is 11.5 Å². The highest BCUT2D eigenvalue weighted by Crippen LogP contribution is 2.33. The summed E-state index contributed by atoms with van der Waals surface area (Å²) in [5.41, 5.74) is 0.296. The van der Waals surface area contributed by atoms with Crippen molar-refractivity contribution in [1.29, 1.82) is 0 Å². The van der Waals surface area contributed by atoms with Crippen LogP contribution in [0.1, 0.15) is 23.2 Å². The van der Waals surface area contributed by atoms with E-state index in [-0.39, 0.29) is 17.0 Å². The second-order valence-corrected chi connectivity index (χ2v) is 5.62. The number of benzene rings is 1. The van der Waals surface area contributed by atoms with Crippen molar-refractivity contribution in [3.63, 3.8) is 0 Å². The zero-order valence-electron chi connectivity index (χ0n) is 11.1. The molecule has 0 aliphatic heterocycles. The molecule has 1 fully saturated rings. The summed E-state index contributed by atoms with van der Waals surface area (Å²) in [6.45, 7) is 0.674. The summed E-state index contributed by atoms with van der Waals surface area (Å²) in [6.07, 6.45) is 1.90. The van der Waals surface area contributed by atoms with Crippen molar-refractivity contribution in [1.82, 2.24) is 4.90 Å². The highest BCUT2D eigenvalue weighted by Gasteiger charge is 2.29. The molecular formula is C14H18ClNO3. The number of halogens is 1. The Morgan fingerprint density at radius 3 is 2.74 bits per heavy atom. The van der Waals surface area contributed by atoms with Crippen LogP contribution < -0.4 is 4.74 Å². The van der Waals surface area contributed by atoms with Gasteiger partial charge in [-0.25, -0.2) is 0 Å². The lowest BCUT2D eigenvalue weighted by atomic mass is 9.84. The zero-order chi connectivity index (χ0) is 14.0. The van der Waals surface area contributed by atoms with E-state index in [1.165, 1.54) is 13.2 Å². The Bertz CT molecular complexity index is 472. The van der Waals surface area contributed by atoms with Crippen molar-refractivity contribution in [2.24, 2.45) is 5.92 Å². The number of hydrogen-bond acceptors (Lipinski definition) is 3. The van der Waals surface area contributed by atoms with Gasteiger partial charge in [0.2, 0.25) is 0 Å². The number of phenolic OH excluding ortho intramolecular Hbond substituents is 1. The molecule has 1 N–H and O–H groups in total. The number of alkyl halides is 1. The smallest absolute Gasteiger partial charge is 0.257 e. The lowest BCUT2D eigenvalue weighted by Crippen LogP contribution is -2.37. The third-order valence-electron chi connectivity index (χ3n) is 3.49. The highest BCUT2D eigenvalue weighted by molar-refractivity contribution is 6.21. The molecule has 0 aromatic heterocycles. The van der Waals surface area contributed by atoms with Crippen molar-refractivity contribution in [3.8, 4) is 11.5 Å². The molecule has 0 heterocycles. The van der Waals surface area contributed by atoms with E-state index in [4.69, 9.17) is 16.3 Å². The molecule has 1 amide bonds. The number of aromatic hydroxyl groups is 1. The number of methoxy groups -OCH3 is 1. The quantitative estimate of drug-likeness (QED) is 0.864. The van der Waals surface area contributed by atoms with Gasteiger partial charge in [-0.2, -0.15) is 0 Å². The topological polar surface area (TPSA) is 49.8 Å². The van der Waals surface area contributed by atoms with Crippen LogP contribution in [-0.4, -0.2) is 42.0 Å². The first-order valence-electron chi connectivity index (χ1n) is 6.27. The predicted molar refractivity (Wildman–Crippen MR) is 74.0 cm³/mol. The molecular weight excluding hydrogens is 266 g/mol. The monoisotopic (exact) mass is 283 g/mol. The number of rotatable bonds is 4. The van der Waals surface area contributed by atoms with Gasteiger partial charge in [0.15, 0.2) is 0 Å². The average molecular weight is 284 g/mol. The van der Waals surface area contributed by atoms with Crippen molar-refractivity contribution >= 4 is 17.5 Å². The maximum absolute atomic E-state index is 12.2. The molecule has 0 atom stereocenters. The number of carbonyl (C=O) groups is 1. The van der Waals surface area contributed by atoms with Crippen LogP contribution >= 0.6 is 11.6 Å². The summed E-state index contributed by atoms with van der Waals surface area (Å²) in [5.74, 6) is 0.760. The fourth-order valence-electron chi connectivity index (χ4n) is 2.30. The van der Waals surface area contributed by atoms with E-state index in [9.17, 15) is 9.90 Å². The Morgan fingerprint density at radius 1 is 1.53 bits per heavy atom. The molecule has 1 saturated carbocycles. The van der Waals surface area contributed by atoms with E-state index < -0.39 is 0 Å². The van der Waals surface area contributed by atoms with E-state index in [0.29, 0.717) is 23.8 Å². The minimum absolute atomic E-state index is 0.0555. The second kappa shape index (κ2) is 5.70. The fourth-order valence-corrected chi connectivity index (χ4v) is 2.80. The van der Waals surface area contributed by atoms with Gasteiger partial charge >= 0.3 is 0 Å². The molecule has 104 valence electrons. The van der Waals surface area contributed by atoms with Gasteiger partial charge in [-0.1, -0.05) is 0 Å². The van der Waals surface area contributed by atoms with Crippen LogP contribution in [-0.2, 0) is 0 Å². The first-order valence-corrected chi connectivity index (χ1v) is 6.71. The van der Waals surface area contributed by atoms with E-state index >= 15 is 0 Å². The predicted octanol–water partition coefficient (Wildman–Crippen LogP) is 2.49. The molecule has 2 rings (SSSR count). The number of carbonyl (C=O) groups excluding carboxylic acids is 1. The summed E-state index contributed by atoms with van der Waals surface area (Å²) in [5, 5.41) is 10.1. The van der Waals surface area contributed by atoms with Gasteiger partial charge in [-0.05, 0) is 30.9 Å². The summed E-state index contributed by atoms with van der Waals surface area (Å²) < 4.78 is 4.99. The van der Waals surface area contributed by atoms with Crippen LogP contribution in [0, 0.1) is 5.92 Å². The van der Waals surface area contributed by atoms with Gasteiger partial charge in [-0.15, -0.1) is 11.6 Å². The molecule has 0 saturated heterocycles. The summed E-state index contributed by atoms with van der Waals surface area (Å²) in [4.78, 5) is 13.8. The molecule has 0 spiro atoms. The van der Waals surface area contributed by atoms with Crippen LogP contribution in [0.15, 0.2) is 18.2 Å². The molecule has 1 aromatic carbocycles. The van der Waals surface area contributed by atoms with Crippen LogP contribution in [0.25, 0.3) is 0 Å². The Labute approximate surface area is 117 Å². The van der Waals surface area contributed by atoms with E-state index in [0.717, 1.165) is 12.8 Å². The standard InChI is InChI=1S/C14H18ClNO3/c1-16(8-9-5-10(15)6-9)14(18)12-4-3-11(19-2)7-13(12)17/h3-4,7,9-10,17H,5-6,8H2,1-2H3. The van der Waals surface area contributed by atoms with E-state index in [1.807, 2.05) is 0 Å². The first-order chi connectivity index (χ1) is 9.01. The minimum atomic E-state index is -0.182. The molecule has 0 radical (unpaired) electrons. The Kier molecular flexibility index (Phi) is 4.20. The molecule has 1 aromatic rings. The third kappa shape index (κ3) is 3.13. The number of nitrogens with zero attached hydrogens (tertiary/aromatic N) is 1. The third-order valence-corrected chi connectivity index (χ3v) is 3.85. The van der Waals surface area contributed by atoms with Gasteiger partial charge < -0.3 is 14.7 Å². The Morgan fingerprint density at radius 2 is 2.21 bits per heavy atom. The van der Waals surface area contributed by atoms with Crippen molar-refractivity contribution in [3.05, 3.63) is 23.8 Å². The SMILES string of the molecule is COc1ccc(C(=O)N(C)CC2CC(Cl)C2)c(O)c1. The largest absolute Gasteiger partial charge is 0.507 e. The van der Waals surface area contributed by atoms with Gasteiger partial charge in [0.1, 0.15) is 11.5 Å². The maximum Gasteiger partial charge on any atom is 0.257 e. The van der Waals surface area contributed by atoms with Gasteiger partial charge in [0.05, 0.1) is 12.7 Å². The van der Waals surface area contributed by atoms with Gasteiger partial charge in [-0.3, -0.25) is 4.79 Å². The van der Waals surface area contributed by atoms with Crippen molar-refractivity contribution in [2.45, 2.75) is 18.2 Å². The van der Waals surface area contributed by atoms with Crippen LogP contribution in [0.4, 0.5) is 0 Å². The summed E-state index contributed by atoms with van der Waals surface area (Å²) in [6, 6.07) is 4.69. The highest BCUT2D eigenvalue weighted by atomic mass is 35.5. The van der Waals surface area contributed by atoms with Crippen molar-refractivity contribution < 1.29 is 14.6 Å². The maximum atomic E-state index is 12.2. The minimum Gasteiger partial charge on any atom is -0.507 e. The number of hydrogen-bond donors (Lipinski definition) is 1. The molecule has 5 heteroatoms. The van der Waals surface area contributed by atoms with E-state index in [1.54, 1.807) is 24.1 Å². The van der Waals surface area contributed by atoms with Gasteiger partial charge in [0.25, 0.3) is 5.91 Å². The second-order valence-electron chi connectivity index (χ2n) is 5.00. The zero-order valence-corrected chi connectivity index (χ0v) is 11.9. The average Bonchev–Trinajstić information content (AvgIpc) is 2.35. The Balaban J connectivity index is 2.02.